The summed E-state index contributed by atoms with van der Waals surface area (Å²) < 4.78 is 34.1. The molecule has 0 aliphatic carbocycles. The van der Waals surface area contributed by atoms with Crippen LogP contribution >= 0.6 is 0 Å². The van der Waals surface area contributed by atoms with Gasteiger partial charge in [0.05, 0.1) is 0 Å². The lowest BCUT2D eigenvalue weighted by molar-refractivity contribution is -0.120. The summed E-state index contributed by atoms with van der Waals surface area (Å²) in [5.41, 5.74) is 12.4. The summed E-state index contributed by atoms with van der Waals surface area (Å²) in [4.78, 5) is 10.4. The lowest BCUT2D eigenvalue weighted by Gasteiger charge is -2.06. The Balaban J connectivity index is 0.000000252. The number of carbonyl (C=O) groups is 1. The molecule has 13 heavy (non-hydrogen) atoms. The third kappa shape index (κ3) is 5.98. The largest absolute Gasteiger partial charge is 0.759 e. The average Bonchev–Trinajstić information content (AvgIpc) is 2.16. The predicted molar refractivity (Wildman–Crippen MR) is 38.2 cm³/mol. The maximum Gasteiger partial charge on any atom is 0.264 e. The number of hydrazone groups is 1. The highest BCUT2D eigenvalue weighted by Crippen LogP contribution is 1.86. The lowest BCUT2D eigenvalue weighted by atomic mass is 10.3. The molecule has 1 atom stereocenters. The van der Waals surface area contributed by atoms with Crippen molar-refractivity contribution in [1.82, 2.24) is 5.43 Å². The number of hydrogen-bond donors (Lipinski definition) is 3. The Hall–Kier alpha value is -1.23. The normalized spacial score (nSPS) is 21.3. The highest BCUT2D eigenvalue weighted by Gasteiger charge is 2.22. The van der Waals surface area contributed by atoms with Gasteiger partial charge < -0.3 is 20.6 Å². The van der Waals surface area contributed by atoms with E-state index >= 15 is 0 Å². The molecule has 0 radical (unpaired) electrons. The van der Waals surface area contributed by atoms with Gasteiger partial charge in [-0.3, -0.25) is 13.2 Å². The first kappa shape index (κ1) is 11.8. The number of amidine groups is 1. The van der Waals surface area contributed by atoms with Crippen molar-refractivity contribution in [3.05, 3.63) is 0 Å². The van der Waals surface area contributed by atoms with Gasteiger partial charge in [-0.1, -0.05) is 0 Å². The van der Waals surface area contributed by atoms with Gasteiger partial charge in [-0.2, -0.15) is 5.10 Å². The fourth-order valence-electron chi connectivity index (χ4n) is 0.393. The van der Waals surface area contributed by atoms with Crippen LogP contribution < -0.4 is 16.9 Å². The first-order valence-electron chi connectivity index (χ1n) is 2.77. The monoisotopic (exact) mass is 210 g/mol. The summed E-state index contributed by atoms with van der Waals surface area (Å²) >= 11 is 0. The van der Waals surface area contributed by atoms with E-state index in [1.54, 1.807) is 0 Å². The van der Waals surface area contributed by atoms with Crippen LogP contribution in [-0.2, 0) is 15.2 Å². The van der Waals surface area contributed by atoms with Crippen molar-refractivity contribution < 1.29 is 22.3 Å². The topological polar surface area (TPSA) is 174 Å². The molecule has 0 aromatic heterocycles. The van der Waals surface area contributed by atoms with Crippen LogP contribution in [0.15, 0.2) is 5.10 Å². The highest BCUT2D eigenvalue weighted by atomic mass is 32.3. The first-order chi connectivity index (χ1) is 5.72. The number of amides is 1. The van der Waals surface area contributed by atoms with Crippen LogP contribution in [0.3, 0.4) is 0 Å². The lowest BCUT2D eigenvalue weighted by Crippen LogP contribution is -2.40. The zero-order valence-electron chi connectivity index (χ0n) is 6.13. The number of nitrogens with one attached hydrogen (secondary N) is 1. The quantitative estimate of drug-likeness (QED) is 0.273. The third-order valence-corrected chi connectivity index (χ3v) is 0.896. The minimum absolute atomic E-state index is 0.148. The number of nitrogens with zero attached hydrogens (tertiary/aromatic N) is 1. The van der Waals surface area contributed by atoms with Crippen LogP contribution in [0.1, 0.15) is 0 Å². The first-order valence-corrected chi connectivity index (χ1v) is 4.10. The van der Waals surface area contributed by atoms with Crippen molar-refractivity contribution >= 4 is 22.1 Å². The maximum atomic E-state index is 10.4. The van der Waals surface area contributed by atoms with Crippen molar-refractivity contribution in [2.24, 2.45) is 16.6 Å². The van der Waals surface area contributed by atoms with Gasteiger partial charge >= 0.3 is 0 Å². The van der Waals surface area contributed by atoms with Crippen molar-refractivity contribution in [2.45, 2.75) is 6.04 Å². The molecule has 0 bridgehead atoms. The summed E-state index contributed by atoms with van der Waals surface area (Å²) in [6.45, 7) is 0. The van der Waals surface area contributed by atoms with Crippen LogP contribution in [-0.4, -0.2) is 35.3 Å². The van der Waals surface area contributed by atoms with E-state index in [-0.39, 0.29) is 11.7 Å². The second-order valence-corrected chi connectivity index (χ2v) is 2.72. The molecule has 0 saturated carbocycles. The fourth-order valence-corrected chi connectivity index (χ4v) is 0.393. The summed E-state index contributed by atoms with van der Waals surface area (Å²) in [5.74, 6) is -0.197. The van der Waals surface area contributed by atoms with E-state index in [1.807, 2.05) is 0 Å². The Labute approximate surface area is 73.4 Å². The summed E-state index contributed by atoms with van der Waals surface area (Å²) in [6.07, 6.45) is 0. The SMILES string of the molecule is NC1=NNC(=O)C1N.O=S(=O)([O-])[O-]. The molecule has 1 aliphatic rings. The molecule has 1 rings (SSSR count). The smallest absolute Gasteiger partial charge is 0.264 e. The molecule has 1 unspecified atom stereocenters. The fraction of sp³-hybridized carbons (Fsp3) is 0.333. The van der Waals surface area contributed by atoms with E-state index in [2.05, 4.69) is 10.5 Å². The molecule has 76 valence electrons. The summed E-state index contributed by atoms with van der Waals surface area (Å²) in [6, 6.07) is -0.741. The van der Waals surface area contributed by atoms with Gasteiger partial charge in [0.15, 0.2) is 0 Å². The van der Waals surface area contributed by atoms with E-state index in [4.69, 9.17) is 29.0 Å². The molecule has 1 aliphatic heterocycles. The number of nitrogens with two attached hydrogens (primary N) is 2. The van der Waals surface area contributed by atoms with Crippen LogP contribution in [0.2, 0.25) is 0 Å². The van der Waals surface area contributed by atoms with Gasteiger partial charge in [-0.15, -0.1) is 0 Å². The molecule has 1 amide bonds. The van der Waals surface area contributed by atoms with Gasteiger partial charge in [0.2, 0.25) is 0 Å². The highest BCUT2D eigenvalue weighted by molar-refractivity contribution is 7.79. The van der Waals surface area contributed by atoms with Gasteiger partial charge in [0.25, 0.3) is 5.91 Å². The van der Waals surface area contributed by atoms with Crippen LogP contribution in [0.4, 0.5) is 0 Å². The number of carbonyl (C=O) groups excluding carboxylic acids is 1. The molecule has 5 N–H and O–H groups in total. The summed E-state index contributed by atoms with van der Waals surface area (Å²) in [5, 5.41) is 3.37. The predicted octanol–water partition coefficient (Wildman–Crippen LogP) is -3.62. The zero-order valence-corrected chi connectivity index (χ0v) is 6.95. The van der Waals surface area contributed by atoms with Gasteiger partial charge in [0.1, 0.15) is 11.9 Å². The van der Waals surface area contributed by atoms with E-state index in [0.717, 1.165) is 0 Å². The molecule has 10 heteroatoms. The van der Waals surface area contributed by atoms with Crippen molar-refractivity contribution in [3.8, 4) is 0 Å². The molecular formula is C3H6N4O5S-2. The number of rotatable bonds is 0. The van der Waals surface area contributed by atoms with Crippen molar-refractivity contribution in [2.75, 3.05) is 0 Å². The molecule has 0 fully saturated rings. The Morgan fingerprint density at radius 2 is 1.85 bits per heavy atom. The van der Waals surface area contributed by atoms with Gasteiger partial charge in [0, 0.05) is 10.4 Å². The minimum Gasteiger partial charge on any atom is -0.759 e. The molecule has 0 spiro atoms. The molecule has 0 saturated heterocycles. The van der Waals surface area contributed by atoms with Gasteiger partial charge in [-0.25, -0.2) is 5.43 Å². The van der Waals surface area contributed by atoms with E-state index in [1.165, 1.54) is 0 Å². The van der Waals surface area contributed by atoms with E-state index in [9.17, 15) is 4.79 Å². The Morgan fingerprint density at radius 1 is 1.46 bits per heavy atom. The second kappa shape index (κ2) is 4.13. The van der Waals surface area contributed by atoms with Crippen LogP contribution in [0, 0.1) is 0 Å². The Kier molecular flexibility index (Phi) is 3.74. The Morgan fingerprint density at radius 3 is 1.92 bits per heavy atom. The van der Waals surface area contributed by atoms with Crippen molar-refractivity contribution in [1.29, 1.82) is 0 Å². The molecule has 1 heterocycles. The zero-order chi connectivity index (χ0) is 10.6. The molecular weight excluding hydrogens is 204 g/mol. The van der Waals surface area contributed by atoms with Gasteiger partial charge in [-0.05, 0) is 0 Å². The number of hydrogen-bond acceptors (Lipinski definition) is 8. The molecule has 0 aromatic carbocycles. The maximum absolute atomic E-state index is 10.4. The van der Waals surface area contributed by atoms with E-state index in [0.29, 0.717) is 0 Å². The van der Waals surface area contributed by atoms with Crippen molar-refractivity contribution in [3.63, 3.8) is 0 Å². The minimum atomic E-state index is -5.17. The summed E-state index contributed by atoms with van der Waals surface area (Å²) in [7, 11) is -5.17. The van der Waals surface area contributed by atoms with Crippen LogP contribution in [0.5, 0.6) is 0 Å². The average molecular weight is 210 g/mol. The third-order valence-electron chi connectivity index (χ3n) is 0.896. The van der Waals surface area contributed by atoms with Crippen LogP contribution in [0.25, 0.3) is 0 Å². The van der Waals surface area contributed by atoms with E-state index < -0.39 is 16.4 Å². The second-order valence-electron chi connectivity index (χ2n) is 1.90. The molecule has 9 nitrogen and oxygen atoms in total. The molecule has 0 aromatic rings. The Bertz CT molecular complexity index is 313. The standard InChI is InChI=1S/C3H6N4O.H2O4S/c4-1-2(5)6-7-3(1)8;1-5(2,3)4/h1H,4H2,(H2,5,6)(H,7,8);(H2,1,2,3,4)/p-2.